The fraction of sp³-hybridized carbons (Fsp3) is 0.381. The number of hydrogen-bond donors (Lipinski definition) is 1. The normalized spacial score (nSPS) is 14.7. The molecule has 25 heavy (non-hydrogen) atoms. The van der Waals surface area contributed by atoms with Crippen LogP contribution < -0.4 is 10.2 Å². The van der Waals surface area contributed by atoms with Crippen LogP contribution in [0.15, 0.2) is 53.4 Å². The number of rotatable bonds is 6. The summed E-state index contributed by atoms with van der Waals surface area (Å²) in [5.41, 5.74) is 3.27. The van der Waals surface area contributed by atoms with Crippen LogP contribution in [0.3, 0.4) is 0 Å². The summed E-state index contributed by atoms with van der Waals surface area (Å²) >= 11 is 1.87. The maximum Gasteiger partial charge on any atom is 0.251 e. The number of hydrogen-bond acceptors (Lipinski definition) is 3. The predicted molar refractivity (Wildman–Crippen MR) is 107 cm³/mol. The Hall–Kier alpha value is -1.94. The molecule has 0 spiro atoms. The molecule has 0 bridgehead atoms. The van der Waals surface area contributed by atoms with Gasteiger partial charge in [-0.3, -0.25) is 4.79 Å². The van der Waals surface area contributed by atoms with Crippen molar-refractivity contribution in [3.63, 3.8) is 0 Å². The van der Waals surface area contributed by atoms with E-state index in [1.54, 1.807) is 0 Å². The molecule has 1 N–H and O–H groups in total. The SMILES string of the molecule is CCN1CCSc2ccc(C(=O)NC(C)CCc3ccccc3)cc21. The number of nitrogens with one attached hydrogen (secondary N) is 1. The number of benzene rings is 2. The highest BCUT2D eigenvalue weighted by molar-refractivity contribution is 7.99. The molecule has 1 unspecified atom stereocenters. The van der Waals surface area contributed by atoms with Gasteiger partial charge in [0.15, 0.2) is 0 Å². The summed E-state index contributed by atoms with van der Waals surface area (Å²) < 4.78 is 0. The molecule has 2 aromatic rings. The first-order valence-electron chi connectivity index (χ1n) is 9.04. The van der Waals surface area contributed by atoms with Gasteiger partial charge >= 0.3 is 0 Å². The Bertz CT molecular complexity index is 717. The van der Waals surface area contributed by atoms with Gasteiger partial charge in [-0.25, -0.2) is 0 Å². The van der Waals surface area contributed by atoms with Crippen molar-refractivity contribution in [2.75, 3.05) is 23.7 Å². The molecule has 1 aliphatic heterocycles. The van der Waals surface area contributed by atoms with Crippen molar-refractivity contribution in [1.82, 2.24) is 5.32 Å². The predicted octanol–water partition coefficient (Wildman–Crippen LogP) is 4.37. The van der Waals surface area contributed by atoms with Gasteiger partial charge in [0.05, 0.1) is 5.69 Å². The maximum atomic E-state index is 12.6. The Labute approximate surface area is 154 Å². The zero-order chi connectivity index (χ0) is 17.6. The van der Waals surface area contributed by atoms with E-state index in [1.165, 1.54) is 16.1 Å². The molecule has 132 valence electrons. The van der Waals surface area contributed by atoms with Crippen molar-refractivity contribution >= 4 is 23.4 Å². The molecule has 0 fully saturated rings. The first kappa shape index (κ1) is 17.9. The van der Waals surface area contributed by atoms with Crippen LogP contribution in [0.4, 0.5) is 5.69 Å². The number of carbonyl (C=O) groups is 1. The second-order valence-corrected chi connectivity index (χ2v) is 7.65. The highest BCUT2D eigenvalue weighted by atomic mass is 32.2. The zero-order valence-corrected chi connectivity index (χ0v) is 15.8. The fourth-order valence-electron chi connectivity index (χ4n) is 3.15. The van der Waals surface area contributed by atoms with E-state index in [0.29, 0.717) is 0 Å². The summed E-state index contributed by atoms with van der Waals surface area (Å²) in [6, 6.07) is 16.7. The van der Waals surface area contributed by atoms with E-state index >= 15 is 0 Å². The molecule has 2 aromatic carbocycles. The van der Waals surface area contributed by atoms with Gasteiger partial charge in [0.2, 0.25) is 0 Å². The Morgan fingerprint density at radius 2 is 2.04 bits per heavy atom. The minimum absolute atomic E-state index is 0.0231. The number of amides is 1. The summed E-state index contributed by atoms with van der Waals surface area (Å²) in [6.07, 6.45) is 1.92. The quantitative estimate of drug-likeness (QED) is 0.836. The number of fused-ring (bicyclic) bond motifs is 1. The number of aryl methyl sites for hydroxylation is 1. The van der Waals surface area contributed by atoms with E-state index in [-0.39, 0.29) is 11.9 Å². The van der Waals surface area contributed by atoms with Crippen LogP contribution in [0.2, 0.25) is 0 Å². The zero-order valence-electron chi connectivity index (χ0n) is 15.0. The molecular formula is C21H26N2OS. The molecule has 0 aromatic heterocycles. The molecule has 3 nitrogen and oxygen atoms in total. The van der Waals surface area contributed by atoms with E-state index in [9.17, 15) is 4.79 Å². The van der Waals surface area contributed by atoms with Gasteiger partial charge in [-0.2, -0.15) is 0 Å². The Balaban J connectivity index is 1.61. The molecule has 1 amide bonds. The fourth-order valence-corrected chi connectivity index (χ4v) is 4.18. The minimum atomic E-state index is 0.0231. The van der Waals surface area contributed by atoms with E-state index in [0.717, 1.165) is 37.2 Å². The van der Waals surface area contributed by atoms with Crippen molar-refractivity contribution in [1.29, 1.82) is 0 Å². The Kier molecular flexibility index (Phi) is 6.03. The first-order chi connectivity index (χ1) is 12.2. The topological polar surface area (TPSA) is 32.3 Å². The lowest BCUT2D eigenvalue weighted by Gasteiger charge is -2.30. The molecule has 0 aliphatic carbocycles. The Morgan fingerprint density at radius 3 is 2.80 bits per heavy atom. The molecule has 4 heteroatoms. The third kappa shape index (κ3) is 4.57. The smallest absolute Gasteiger partial charge is 0.251 e. The molecular weight excluding hydrogens is 328 g/mol. The largest absolute Gasteiger partial charge is 0.370 e. The van der Waals surface area contributed by atoms with Gasteiger partial charge < -0.3 is 10.2 Å². The molecule has 1 heterocycles. The summed E-state index contributed by atoms with van der Waals surface area (Å²) in [6.45, 7) is 6.27. The lowest BCUT2D eigenvalue weighted by molar-refractivity contribution is 0.0938. The second kappa shape index (κ2) is 8.43. The van der Waals surface area contributed by atoms with Crippen LogP contribution in [0.25, 0.3) is 0 Å². The summed E-state index contributed by atoms with van der Waals surface area (Å²) in [5, 5.41) is 3.14. The maximum absolute atomic E-state index is 12.6. The summed E-state index contributed by atoms with van der Waals surface area (Å²) in [4.78, 5) is 16.2. The summed E-state index contributed by atoms with van der Waals surface area (Å²) in [5.74, 6) is 1.14. The van der Waals surface area contributed by atoms with Crippen LogP contribution in [-0.2, 0) is 6.42 Å². The van der Waals surface area contributed by atoms with E-state index in [1.807, 2.05) is 30.0 Å². The van der Waals surface area contributed by atoms with Crippen LogP contribution >= 0.6 is 11.8 Å². The van der Waals surface area contributed by atoms with Gasteiger partial charge in [-0.1, -0.05) is 30.3 Å². The highest BCUT2D eigenvalue weighted by Gasteiger charge is 2.18. The number of anilines is 1. The molecule has 1 atom stereocenters. The van der Waals surface area contributed by atoms with E-state index in [2.05, 4.69) is 54.4 Å². The van der Waals surface area contributed by atoms with Crippen molar-refractivity contribution in [3.8, 4) is 0 Å². The number of thioether (sulfide) groups is 1. The van der Waals surface area contributed by atoms with E-state index < -0.39 is 0 Å². The van der Waals surface area contributed by atoms with Gasteiger partial charge in [0.25, 0.3) is 5.91 Å². The first-order valence-corrected chi connectivity index (χ1v) is 10.0. The second-order valence-electron chi connectivity index (χ2n) is 6.51. The van der Waals surface area contributed by atoms with Crippen LogP contribution in [0.5, 0.6) is 0 Å². The third-order valence-corrected chi connectivity index (χ3v) is 5.69. The van der Waals surface area contributed by atoms with Crippen LogP contribution in [-0.4, -0.2) is 30.8 Å². The van der Waals surface area contributed by atoms with Crippen molar-refractivity contribution in [3.05, 3.63) is 59.7 Å². The van der Waals surface area contributed by atoms with Crippen molar-refractivity contribution in [2.45, 2.75) is 37.6 Å². The molecule has 3 rings (SSSR count). The minimum Gasteiger partial charge on any atom is -0.370 e. The van der Waals surface area contributed by atoms with Gasteiger partial charge in [-0.05, 0) is 50.5 Å². The molecule has 0 radical (unpaired) electrons. The molecule has 1 aliphatic rings. The lowest BCUT2D eigenvalue weighted by Crippen LogP contribution is -2.33. The van der Waals surface area contributed by atoms with E-state index in [4.69, 9.17) is 0 Å². The number of nitrogens with zero attached hydrogens (tertiary/aromatic N) is 1. The lowest BCUT2D eigenvalue weighted by atomic mass is 10.1. The number of carbonyl (C=O) groups excluding carboxylic acids is 1. The van der Waals surface area contributed by atoms with Gasteiger partial charge in [-0.15, -0.1) is 11.8 Å². The summed E-state index contributed by atoms with van der Waals surface area (Å²) in [7, 11) is 0. The van der Waals surface area contributed by atoms with Gasteiger partial charge in [0.1, 0.15) is 0 Å². The van der Waals surface area contributed by atoms with Crippen molar-refractivity contribution in [2.24, 2.45) is 0 Å². The highest BCUT2D eigenvalue weighted by Crippen LogP contribution is 2.35. The average Bonchev–Trinajstić information content (AvgIpc) is 2.66. The monoisotopic (exact) mass is 354 g/mol. The molecule has 0 saturated heterocycles. The average molecular weight is 355 g/mol. The van der Waals surface area contributed by atoms with Crippen LogP contribution in [0, 0.1) is 0 Å². The van der Waals surface area contributed by atoms with Gasteiger partial charge in [0, 0.05) is 35.3 Å². The standard InChI is InChI=1S/C21H26N2OS/c1-3-23-13-14-25-20-12-11-18(15-19(20)23)21(24)22-16(2)9-10-17-7-5-4-6-8-17/h4-8,11-12,15-16H,3,9-10,13-14H2,1-2H3,(H,22,24). The molecule has 0 saturated carbocycles. The van der Waals surface area contributed by atoms with Crippen molar-refractivity contribution < 1.29 is 4.79 Å². The van der Waals surface area contributed by atoms with Crippen LogP contribution in [0.1, 0.15) is 36.2 Å². The third-order valence-electron chi connectivity index (χ3n) is 4.65. The Morgan fingerprint density at radius 1 is 1.24 bits per heavy atom.